The summed E-state index contributed by atoms with van der Waals surface area (Å²) in [5, 5.41) is 0. The molecule has 1 atom stereocenters. The number of allylic oxidation sites excluding steroid dienone is 12. The molecule has 0 heterocycles. The Morgan fingerprint density at radius 3 is 0.763 bits per heavy atom. The van der Waals surface area contributed by atoms with Gasteiger partial charge in [-0.1, -0.05) is 273 Å². The van der Waals surface area contributed by atoms with Crippen LogP contribution in [0.3, 0.4) is 0 Å². The third-order valence-electron chi connectivity index (χ3n) is 14.4. The van der Waals surface area contributed by atoms with Gasteiger partial charge in [0.05, 0.1) is 0 Å². The molecule has 0 aliphatic carbocycles. The quantitative estimate of drug-likeness (QED) is 0.0261. The molecular formula is C70H124O6. The summed E-state index contributed by atoms with van der Waals surface area (Å²) in [6, 6.07) is 0. The zero-order chi connectivity index (χ0) is 55.0. The summed E-state index contributed by atoms with van der Waals surface area (Å²) in [5.41, 5.74) is 0. The lowest BCUT2D eigenvalue weighted by atomic mass is 10.0. The maximum absolute atomic E-state index is 12.9. The van der Waals surface area contributed by atoms with Crippen molar-refractivity contribution in [2.24, 2.45) is 0 Å². The lowest BCUT2D eigenvalue weighted by molar-refractivity contribution is -0.167. The van der Waals surface area contributed by atoms with Gasteiger partial charge in [-0.3, -0.25) is 14.4 Å². The standard InChI is InChI=1S/C70H124O6/c1-4-7-10-13-16-19-22-25-28-30-31-32-33-34-35-36-37-38-39-40-43-45-48-51-54-57-60-63-69(72)75-66-67(65-74-68(71)62-59-56-53-50-47-44-41-27-24-21-18-15-12-9-6-3)76-70(73)64-61-58-55-52-49-46-42-29-26-23-20-17-14-11-8-5-2/h18,20-23,25,27,29-31,41-42,67H,4-17,19,24,26,28,32-40,43-66H2,1-3H3/b21-18-,23-20-,25-22-,31-30-,41-27-,42-29-. The van der Waals surface area contributed by atoms with E-state index in [-0.39, 0.29) is 31.1 Å². The van der Waals surface area contributed by atoms with Crippen molar-refractivity contribution in [3.63, 3.8) is 0 Å². The molecule has 0 aromatic heterocycles. The summed E-state index contributed by atoms with van der Waals surface area (Å²) in [5.74, 6) is -0.898. The van der Waals surface area contributed by atoms with E-state index < -0.39 is 6.10 Å². The minimum absolute atomic E-state index is 0.0839. The van der Waals surface area contributed by atoms with Crippen molar-refractivity contribution in [1.82, 2.24) is 0 Å². The third-order valence-corrected chi connectivity index (χ3v) is 14.4. The van der Waals surface area contributed by atoms with Crippen LogP contribution in [-0.2, 0) is 28.6 Å². The Morgan fingerprint density at radius 2 is 0.474 bits per heavy atom. The molecule has 0 rings (SSSR count). The molecule has 6 nitrogen and oxygen atoms in total. The number of hydrogen-bond acceptors (Lipinski definition) is 6. The molecule has 0 radical (unpaired) electrons. The van der Waals surface area contributed by atoms with Crippen LogP contribution in [0.1, 0.15) is 335 Å². The molecule has 0 aliphatic heterocycles. The Kier molecular flexibility index (Phi) is 61.7. The molecule has 0 fully saturated rings. The predicted molar refractivity (Wildman–Crippen MR) is 330 cm³/mol. The second kappa shape index (κ2) is 64.4. The van der Waals surface area contributed by atoms with Gasteiger partial charge in [-0.25, -0.2) is 0 Å². The highest BCUT2D eigenvalue weighted by atomic mass is 16.6. The first-order valence-electron chi connectivity index (χ1n) is 32.9. The monoisotopic (exact) mass is 1060 g/mol. The van der Waals surface area contributed by atoms with Crippen molar-refractivity contribution >= 4 is 17.9 Å². The summed E-state index contributed by atoms with van der Waals surface area (Å²) in [4.78, 5) is 38.3. The molecule has 0 aromatic carbocycles. The normalized spacial score (nSPS) is 12.5. The second-order valence-corrected chi connectivity index (χ2v) is 22.0. The minimum Gasteiger partial charge on any atom is -0.462 e. The SMILES string of the molecule is CCCCC/C=C\C/C=C\CCCCCCCC(=O)OCC(COC(=O)CCCCCCCCCCCCCCCCC/C=C\C/C=C\CCCCCCC)OC(=O)CCCCCCC/C=C\C/C=C\CCCCCC. The van der Waals surface area contributed by atoms with Crippen LogP contribution in [0.25, 0.3) is 0 Å². The van der Waals surface area contributed by atoms with Gasteiger partial charge < -0.3 is 14.2 Å². The van der Waals surface area contributed by atoms with Gasteiger partial charge in [0.2, 0.25) is 0 Å². The highest BCUT2D eigenvalue weighted by molar-refractivity contribution is 5.71. The fourth-order valence-corrected chi connectivity index (χ4v) is 9.42. The number of ether oxygens (including phenoxy) is 3. The van der Waals surface area contributed by atoms with Gasteiger partial charge in [-0.15, -0.1) is 0 Å². The number of rotatable bonds is 60. The molecule has 0 saturated heterocycles. The van der Waals surface area contributed by atoms with Crippen molar-refractivity contribution in [3.05, 3.63) is 72.9 Å². The molecule has 0 aromatic rings. The maximum atomic E-state index is 12.9. The molecule has 1 unspecified atom stereocenters. The molecule has 0 bridgehead atoms. The molecule has 0 spiro atoms. The Bertz CT molecular complexity index is 1400. The van der Waals surface area contributed by atoms with E-state index in [1.807, 2.05) is 0 Å². The average molecular weight is 1060 g/mol. The second-order valence-electron chi connectivity index (χ2n) is 22.0. The fraction of sp³-hybridized carbons (Fsp3) is 0.786. The molecule has 0 aliphatic rings. The fourth-order valence-electron chi connectivity index (χ4n) is 9.42. The van der Waals surface area contributed by atoms with E-state index >= 15 is 0 Å². The Morgan fingerprint density at radius 1 is 0.263 bits per heavy atom. The predicted octanol–water partition coefficient (Wildman–Crippen LogP) is 22.5. The number of esters is 3. The lowest BCUT2D eigenvalue weighted by Crippen LogP contribution is -2.30. The first-order chi connectivity index (χ1) is 37.5. The highest BCUT2D eigenvalue weighted by Crippen LogP contribution is 2.16. The van der Waals surface area contributed by atoms with Crippen LogP contribution in [0.15, 0.2) is 72.9 Å². The zero-order valence-electron chi connectivity index (χ0n) is 50.5. The molecule has 76 heavy (non-hydrogen) atoms. The van der Waals surface area contributed by atoms with Gasteiger partial charge in [0.25, 0.3) is 0 Å². The summed E-state index contributed by atoms with van der Waals surface area (Å²) < 4.78 is 16.9. The van der Waals surface area contributed by atoms with Crippen LogP contribution in [0.4, 0.5) is 0 Å². The number of unbranched alkanes of at least 4 members (excludes halogenated alkanes) is 37. The summed E-state index contributed by atoms with van der Waals surface area (Å²) in [7, 11) is 0. The molecule has 6 heteroatoms. The van der Waals surface area contributed by atoms with E-state index in [1.54, 1.807) is 0 Å². The first-order valence-corrected chi connectivity index (χ1v) is 32.9. The van der Waals surface area contributed by atoms with Gasteiger partial charge in [0.15, 0.2) is 6.10 Å². The molecule has 0 N–H and O–H groups in total. The smallest absolute Gasteiger partial charge is 0.306 e. The highest BCUT2D eigenvalue weighted by Gasteiger charge is 2.19. The van der Waals surface area contributed by atoms with Gasteiger partial charge in [-0.2, -0.15) is 0 Å². The zero-order valence-corrected chi connectivity index (χ0v) is 50.5. The average Bonchev–Trinajstić information content (AvgIpc) is 3.42. The van der Waals surface area contributed by atoms with Crippen LogP contribution in [0.2, 0.25) is 0 Å². The van der Waals surface area contributed by atoms with Gasteiger partial charge in [0.1, 0.15) is 13.2 Å². The number of hydrogen-bond donors (Lipinski definition) is 0. The topological polar surface area (TPSA) is 78.9 Å². The van der Waals surface area contributed by atoms with Gasteiger partial charge in [-0.05, 0) is 116 Å². The summed E-state index contributed by atoms with van der Waals surface area (Å²) in [6.45, 7) is 6.60. The van der Waals surface area contributed by atoms with E-state index in [0.29, 0.717) is 19.3 Å². The van der Waals surface area contributed by atoms with Crippen molar-refractivity contribution in [2.75, 3.05) is 13.2 Å². The minimum atomic E-state index is -0.789. The van der Waals surface area contributed by atoms with Crippen LogP contribution in [0, 0.1) is 0 Å². The van der Waals surface area contributed by atoms with E-state index in [0.717, 1.165) is 109 Å². The van der Waals surface area contributed by atoms with Crippen molar-refractivity contribution < 1.29 is 28.6 Å². The van der Waals surface area contributed by atoms with E-state index in [1.165, 1.54) is 186 Å². The third kappa shape index (κ3) is 61.7. The van der Waals surface area contributed by atoms with Crippen LogP contribution in [-0.4, -0.2) is 37.2 Å². The number of carbonyl (C=O) groups excluding carboxylic acids is 3. The van der Waals surface area contributed by atoms with Crippen molar-refractivity contribution in [2.45, 2.75) is 341 Å². The first kappa shape index (κ1) is 72.8. The van der Waals surface area contributed by atoms with E-state index in [9.17, 15) is 14.4 Å². The van der Waals surface area contributed by atoms with Crippen molar-refractivity contribution in [3.8, 4) is 0 Å². The van der Waals surface area contributed by atoms with Gasteiger partial charge >= 0.3 is 17.9 Å². The largest absolute Gasteiger partial charge is 0.462 e. The Hall–Kier alpha value is -3.15. The maximum Gasteiger partial charge on any atom is 0.306 e. The van der Waals surface area contributed by atoms with Crippen LogP contribution < -0.4 is 0 Å². The summed E-state index contributed by atoms with van der Waals surface area (Å²) in [6.07, 6.45) is 83.4. The van der Waals surface area contributed by atoms with E-state index in [2.05, 4.69) is 93.7 Å². The van der Waals surface area contributed by atoms with E-state index in [4.69, 9.17) is 14.2 Å². The lowest BCUT2D eigenvalue weighted by Gasteiger charge is -2.18. The van der Waals surface area contributed by atoms with Crippen LogP contribution in [0.5, 0.6) is 0 Å². The van der Waals surface area contributed by atoms with Crippen molar-refractivity contribution in [1.29, 1.82) is 0 Å². The summed E-state index contributed by atoms with van der Waals surface area (Å²) >= 11 is 0. The molecule has 0 amide bonds. The van der Waals surface area contributed by atoms with Crippen LogP contribution >= 0.6 is 0 Å². The number of carbonyl (C=O) groups is 3. The Balaban J connectivity index is 4.28. The molecule has 0 saturated carbocycles. The molecular weight excluding hydrogens is 937 g/mol. The van der Waals surface area contributed by atoms with Gasteiger partial charge in [0, 0.05) is 19.3 Å². The Labute approximate surface area is 472 Å². The molecule has 440 valence electrons.